The smallest absolute Gasteiger partial charge is 0.269 e. The largest absolute Gasteiger partial charge is 0.352 e. The molecule has 8 nitrogen and oxygen atoms in total. The summed E-state index contributed by atoms with van der Waals surface area (Å²) in [7, 11) is -4.02. The SMILES string of the molecule is O=C(CN(c1ccc([N+](=O)[O-])cc1)S(=O)(=O)c1ccccc1)NC1CCCCC1. The van der Waals surface area contributed by atoms with Gasteiger partial charge in [-0.05, 0) is 37.1 Å². The van der Waals surface area contributed by atoms with Crippen LogP contribution in [0.2, 0.25) is 0 Å². The summed E-state index contributed by atoms with van der Waals surface area (Å²) in [5.41, 5.74) is 0.0377. The lowest BCUT2D eigenvalue weighted by Gasteiger charge is -2.27. The zero-order valence-electron chi connectivity index (χ0n) is 15.9. The molecule has 0 saturated heterocycles. The Morgan fingerprint density at radius 2 is 1.66 bits per heavy atom. The van der Waals surface area contributed by atoms with Crippen molar-refractivity contribution in [3.05, 3.63) is 64.7 Å². The molecule has 9 heteroatoms. The van der Waals surface area contributed by atoms with E-state index >= 15 is 0 Å². The van der Waals surface area contributed by atoms with Gasteiger partial charge in [-0.15, -0.1) is 0 Å². The number of nitrogens with one attached hydrogen (secondary N) is 1. The molecule has 0 radical (unpaired) electrons. The monoisotopic (exact) mass is 417 g/mol. The molecular formula is C20H23N3O5S. The van der Waals surface area contributed by atoms with E-state index in [1.165, 1.54) is 36.4 Å². The highest BCUT2D eigenvalue weighted by molar-refractivity contribution is 7.92. The number of carbonyl (C=O) groups excluding carboxylic acids is 1. The number of nitro benzene ring substituents is 1. The maximum atomic E-state index is 13.2. The molecular weight excluding hydrogens is 394 g/mol. The molecule has 1 fully saturated rings. The second kappa shape index (κ2) is 9.04. The maximum Gasteiger partial charge on any atom is 0.269 e. The molecule has 1 amide bonds. The van der Waals surface area contributed by atoms with Gasteiger partial charge in [0.05, 0.1) is 15.5 Å². The van der Waals surface area contributed by atoms with Crippen molar-refractivity contribution in [2.75, 3.05) is 10.8 Å². The molecule has 0 atom stereocenters. The molecule has 0 unspecified atom stereocenters. The summed E-state index contributed by atoms with van der Waals surface area (Å²) in [6, 6.07) is 13.0. The fourth-order valence-corrected chi connectivity index (χ4v) is 4.87. The van der Waals surface area contributed by atoms with Crippen LogP contribution >= 0.6 is 0 Å². The van der Waals surface area contributed by atoms with Crippen LogP contribution in [0.25, 0.3) is 0 Å². The number of sulfonamides is 1. The van der Waals surface area contributed by atoms with Crippen LogP contribution in [0.4, 0.5) is 11.4 Å². The van der Waals surface area contributed by atoms with E-state index in [1.807, 2.05) is 0 Å². The van der Waals surface area contributed by atoms with Gasteiger partial charge in [0, 0.05) is 18.2 Å². The Morgan fingerprint density at radius 3 is 2.24 bits per heavy atom. The fraction of sp³-hybridized carbons (Fsp3) is 0.350. The third kappa shape index (κ3) is 5.11. The molecule has 1 aliphatic carbocycles. The molecule has 1 saturated carbocycles. The molecule has 0 heterocycles. The molecule has 0 aromatic heterocycles. The van der Waals surface area contributed by atoms with Crippen LogP contribution < -0.4 is 9.62 Å². The summed E-state index contributed by atoms with van der Waals surface area (Å²) in [4.78, 5) is 23.0. The zero-order chi connectivity index (χ0) is 20.9. The zero-order valence-corrected chi connectivity index (χ0v) is 16.7. The van der Waals surface area contributed by atoms with Gasteiger partial charge in [0.1, 0.15) is 6.54 Å². The molecule has 0 bridgehead atoms. The van der Waals surface area contributed by atoms with Crippen LogP contribution in [0.15, 0.2) is 59.5 Å². The summed E-state index contributed by atoms with van der Waals surface area (Å²) in [5, 5.41) is 13.8. The number of carbonyl (C=O) groups is 1. The van der Waals surface area contributed by atoms with E-state index in [-0.39, 0.29) is 22.3 Å². The van der Waals surface area contributed by atoms with Gasteiger partial charge in [-0.2, -0.15) is 0 Å². The number of benzene rings is 2. The number of non-ortho nitro benzene ring substituents is 1. The van der Waals surface area contributed by atoms with E-state index < -0.39 is 27.4 Å². The first-order valence-corrected chi connectivity index (χ1v) is 10.9. The van der Waals surface area contributed by atoms with E-state index in [1.54, 1.807) is 18.2 Å². The molecule has 1 N–H and O–H groups in total. The number of nitro groups is 1. The Hall–Kier alpha value is -2.94. The van der Waals surface area contributed by atoms with Gasteiger partial charge in [0.2, 0.25) is 5.91 Å². The van der Waals surface area contributed by atoms with E-state index in [0.29, 0.717) is 0 Å². The van der Waals surface area contributed by atoms with Crippen LogP contribution in [0.3, 0.4) is 0 Å². The Balaban J connectivity index is 1.88. The first-order valence-electron chi connectivity index (χ1n) is 9.49. The predicted octanol–water partition coefficient (Wildman–Crippen LogP) is 3.24. The summed E-state index contributed by atoms with van der Waals surface area (Å²) in [6.45, 7) is -0.397. The van der Waals surface area contributed by atoms with Crippen molar-refractivity contribution in [3.63, 3.8) is 0 Å². The molecule has 2 aromatic carbocycles. The molecule has 3 rings (SSSR count). The predicted molar refractivity (Wildman–Crippen MR) is 109 cm³/mol. The molecule has 29 heavy (non-hydrogen) atoms. The van der Waals surface area contributed by atoms with Gasteiger partial charge in [-0.1, -0.05) is 37.5 Å². The van der Waals surface area contributed by atoms with Gasteiger partial charge < -0.3 is 5.32 Å². The van der Waals surface area contributed by atoms with E-state index in [0.717, 1.165) is 36.4 Å². The number of hydrogen-bond acceptors (Lipinski definition) is 5. The first-order chi connectivity index (χ1) is 13.9. The molecule has 1 aliphatic rings. The topological polar surface area (TPSA) is 110 Å². The molecule has 0 aliphatic heterocycles. The fourth-order valence-electron chi connectivity index (χ4n) is 3.43. The summed E-state index contributed by atoms with van der Waals surface area (Å²) >= 11 is 0. The Kier molecular flexibility index (Phi) is 6.48. The first kappa shape index (κ1) is 20.8. The average molecular weight is 417 g/mol. The van der Waals surface area contributed by atoms with Crippen molar-refractivity contribution in [1.29, 1.82) is 0 Å². The second-order valence-corrected chi connectivity index (χ2v) is 8.86. The lowest BCUT2D eigenvalue weighted by atomic mass is 9.95. The standard InChI is InChI=1S/C20H23N3O5S/c24-20(21-16-7-3-1-4-8-16)15-22(17-11-13-18(14-12-17)23(25)26)29(27,28)19-9-5-2-6-10-19/h2,5-6,9-14,16H,1,3-4,7-8,15H2,(H,21,24). The minimum atomic E-state index is -4.02. The van der Waals surface area contributed by atoms with Crippen molar-refractivity contribution in [2.45, 2.75) is 43.0 Å². The van der Waals surface area contributed by atoms with E-state index in [2.05, 4.69) is 5.32 Å². The van der Waals surface area contributed by atoms with Gasteiger partial charge in [0.15, 0.2) is 0 Å². The number of nitrogens with zero attached hydrogens (tertiary/aromatic N) is 2. The Morgan fingerprint density at radius 1 is 1.03 bits per heavy atom. The second-order valence-electron chi connectivity index (χ2n) is 7.00. The third-order valence-electron chi connectivity index (χ3n) is 4.94. The normalized spacial score (nSPS) is 14.9. The van der Waals surface area contributed by atoms with Crippen molar-refractivity contribution in [3.8, 4) is 0 Å². The summed E-state index contributed by atoms with van der Waals surface area (Å²) in [6.07, 6.45) is 4.99. The highest BCUT2D eigenvalue weighted by atomic mass is 32.2. The Bertz CT molecular complexity index is 955. The lowest BCUT2D eigenvalue weighted by Crippen LogP contribution is -2.44. The summed E-state index contributed by atoms with van der Waals surface area (Å²) in [5.74, 6) is -0.394. The number of rotatable bonds is 7. The van der Waals surface area contributed by atoms with E-state index in [4.69, 9.17) is 0 Å². The lowest BCUT2D eigenvalue weighted by molar-refractivity contribution is -0.384. The van der Waals surface area contributed by atoms with Gasteiger partial charge in [-0.3, -0.25) is 19.2 Å². The van der Waals surface area contributed by atoms with Crippen LogP contribution in [0.1, 0.15) is 32.1 Å². The van der Waals surface area contributed by atoms with E-state index in [9.17, 15) is 23.3 Å². The number of anilines is 1. The number of amides is 1. The van der Waals surface area contributed by atoms with Crippen LogP contribution in [-0.4, -0.2) is 31.8 Å². The third-order valence-corrected chi connectivity index (χ3v) is 6.73. The average Bonchev–Trinajstić information content (AvgIpc) is 2.73. The highest BCUT2D eigenvalue weighted by Gasteiger charge is 2.28. The van der Waals surface area contributed by atoms with Gasteiger partial charge in [0.25, 0.3) is 15.7 Å². The van der Waals surface area contributed by atoms with Crippen molar-refractivity contribution >= 4 is 27.3 Å². The minimum absolute atomic E-state index is 0.0452. The number of hydrogen-bond donors (Lipinski definition) is 1. The van der Waals surface area contributed by atoms with Crippen molar-refractivity contribution < 1.29 is 18.1 Å². The van der Waals surface area contributed by atoms with Gasteiger partial charge in [-0.25, -0.2) is 8.42 Å². The highest BCUT2D eigenvalue weighted by Crippen LogP contribution is 2.26. The molecule has 154 valence electrons. The van der Waals surface area contributed by atoms with Crippen LogP contribution in [0.5, 0.6) is 0 Å². The molecule has 2 aromatic rings. The Labute approximate surface area is 169 Å². The van der Waals surface area contributed by atoms with Crippen LogP contribution in [0, 0.1) is 10.1 Å². The minimum Gasteiger partial charge on any atom is -0.352 e. The quantitative estimate of drug-likeness (QED) is 0.549. The van der Waals surface area contributed by atoms with Crippen molar-refractivity contribution in [1.82, 2.24) is 5.32 Å². The van der Waals surface area contributed by atoms with Gasteiger partial charge >= 0.3 is 0 Å². The summed E-state index contributed by atoms with van der Waals surface area (Å²) < 4.78 is 27.4. The van der Waals surface area contributed by atoms with Crippen LogP contribution in [-0.2, 0) is 14.8 Å². The molecule has 0 spiro atoms. The maximum absolute atomic E-state index is 13.2. The van der Waals surface area contributed by atoms with Crippen molar-refractivity contribution in [2.24, 2.45) is 0 Å².